The number of hydrogen-bond acceptors (Lipinski definition) is 4. The normalized spacial score (nSPS) is 22.4. The summed E-state index contributed by atoms with van der Waals surface area (Å²) in [5.74, 6) is -1.06. The van der Waals surface area contributed by atoms with Crippen molar-refractivity contribution in [3.05, 3.63) is 23.8 Å². The Balaban J connectivity index is 2.08. The fourth-order valence-corrected chi connectivity index (χ4v) is 2.20. The Kier molecular flexibility index (Phi) is 3.38. The molecule has 1 aliphatic carbocycles. The van der Waals surface area contributed by atoms with Crippen LogP contribution in [0, 0.1) is 17.2 Å². The summed E-state index contributed by atoms with van der Waals surface area (Å²) in [5, 5.41) is 30.2. The van der Waals surface area contributed by atoms with Gasteiger partial charge in [-0.1, -0.05) is 0 Å². The van der Waals surface area contributed by atoms with E-state index in [2.05, 4.69) is 11.4 Å². The zero-order valence-corrected chi connectivity index (χ0v) is 9.76. The average molecular weight is 246 g/mol. The van der Waals surface area contributed by atoms with Crippen LogP contribution in [0.3, 0.4) is 0 Å². The van der Waals surface area contributed by atoms with Gasteiger partial charge in [-0.15, -0.1) is 0 Å². The molecule has 0 aromatic heterocycles. The van der Waals surface area contributed by atoms with Gasteiger partial charge >= 0.3 is 0 Å². The third kappa shape index (κ3) is 2.38. The number of nitriles is 1. The van der Waals surface area contributed by atoms with Gasteiger partial charge in [0.15, 0.2) is 11.5 Å². The van der Waals surface area contributed by atoms with Gasteiger partial charge in [-0.25, -0.2) is 0 Å². The molecule has 0 aliphatic heterocycles. The zero-order valence-electron chi connectivity index (χ0n) is 9.76. The molecule has 18 heavy (non-hydrogen) atoms. The molecule has 0 bridgehead atoms. The maximum atomic E-state index is 11.9. The van der Waals surface area contributed by atoms with Crippen molar-refractivity contribution in [1.82, 2.24) is 5.32 Å². The van der Waals surface area contributed by atoms with E-state index in [0.29, 0.717) is 0 Å². The maximum absolute atomic E-state index is 11.9. The first kappa shape index (κ1) is 12.2. The van der Waals surface area contributed by atoms with Crippen molar-refractivity contribution in [2.24, 2.45) is 5.92 Å². The van der Waals surface area contributed by atoms with E-state index < -0.39 is 0 Å². The second kappa shape index (κ2) is 4.96. The summed E-state index contributed by atoms with van der Waals surface area (Å²) in [7, 11) is 0. The SMILES string of the molecule is N#CC1CCCC1NC(=O)c1ccc(O)c(O)c1. The van der Waals surface area contributed by atoms with E-state index in [9.17, 15) is 9.90 Å². The highest BCUT2D eigenvalue weighted by Gasteiger charge is 2.28. The molecule has 1 aromatic rings. The van der Waals surface area contributed by atoms with Gasteiger partial charge in [0, 0.05) is 11.6 Å². The van der Waals surface area contributed by atoms with Crippen molar-refractivity contribution in [3.8, 4) is 17.6 Å². The molecule has 2 atom stereocenters. The molecule has 94 valence electrons. The number of phenols is 2. The highest BCUT2D eigenvalue weighted by Crippen LogP contribution is 2.27. The quantitative estimate of drug-likeness (QED) is 0.690. The summed E-state index contributed by atoms with van der Waals surface area (Å²) in [6, 6.07) is 5.97. The Labute approximate surface area is 105 Å². The lowest BCUT2D eigenvalue weighted by atomic mass is 10.1. The first-order valence-corrected chi connectivity index (χ1v) is 5.84. The van der Waals surface area contributed by atoms with Crippen LogP contribution < -0.4 is 5.32 Å². The van der Waals surface area contributed by atoms with Crippen LogP contribution in [0.25, 0.3) is 0 Å². The fraction of sp³-hybridized carbons (Fsp3) is 0.385. The van der Waals surface area contributed by atoms with E-state index in [0.717, 1.165) is 19.3 Å². The highest BCUT2D eigenvalue weighted by molar-refractivity contribution is 5.95. The number of phenolic OH excluding ortho intramolecular Hbond substituents is 2. The molecule has 2 unspecified atom stereocenters. The lowest BCUT2D eigenvalue weighted by molar-refractivity contribution is 0.0932. The molecular weight excluding hydrogens is 232 g/mol. The van der Waals surface area contributed by atoms with E-state index in [-0.39, 0.29) is 34.9 Å². The molecule has 0 radical (unpaired) electrons. The number of hydrogen-bond donors (Lipinski definition) is 3. The monoisotopic (exact) mass is 246 g/mol. The Morgan fingerprint density at radius 2 is 2.11 bits per heavy atom. The molecule has 1 fully saturated rings. The van der Waals surface area contributed by atoms with Crippen LogP contribution in [0.5, 0.6) is 11.5 Å². The molecule has 5 nitrogen and oxygen atoms in total. The Morgan fingerprint density at radius 1 is 1.33 bits per heavy atom. The molecule has 1 aromatic carbocycles. The lowest BCUT2D eigenvalue weighted by Gasteiger charge is -2.15. The Hall–Kier alpha value is -2.22. The number of nitrogens with one attached hydrogen (secondary N) is 1. The van der Waals surface area contributed by atoms with E-state index >= 15 is 0 Å². The van der Waals surface area contributed by atoms with Crippen molar-refractivity contribution < 1.29 is 15.0 Å². The summed E-state index contributed by atoms with van der Waals surface area (Å²) >= 11 is 0. The third-order valence-electron chi connectivity index (χ3n) is 3.24. The van der Waals surface area contributed by atoms with Crippen molar-refractivity contribution in [1.29, 1.82) is 5.26 Å². The van der Waals surface area contributed by atoms with E-state index in [1.807, 2.05) is 0 Å². The number of rotatable bonds is 2. The smallest absolute Gasteiger partial charge is 0.251 e. The van der Waals surface area contributed by atoms with Gasteiger partial charge < -0.3 is 15.5 Å². The number of nitrogens with zero attached hydrogens (tertiary/aromatic N) is 1. The summed E-state index contributed by atoms with van der Waals surface area (Å²) < 4.78 is 0. The van der Waals surface area contributed by atoms with Crippen LogP contribution in [-0.2, 0) is 0 Å². The second-order valence-electron chi connectivity index (χ2n) is 4.45. The van der Waals surface area contributed by atoms with Gasteiger partial charge in [-0.05, 0) is 37.5 Å². The molecule has 0 saturated heterocycles. The number of carbonyl (C=O) groups excluding carboxylic acids is 1. The summed E-state index contributed by atoms with van der Waals surface area (Å²) in [6.45, 7) is 0. The number of amides is 1. The van der Waals surface area contributed by atoms with Crippen LogP contribution in [0.1, 0.15) is 29.6 Å². The van der Waals surface area contributed by atoms with Crippen LogP contribution in [0.4, 0.5) is 0 Å². The van der Waals surface area contributed by atoms with E-state index in [1.165, 1.54) is 18.2 Å². The van der Waals surface area contributed by atoms with E-state index in [4.69, 9.17) is 10.4 Å². The number of aromatic hydroxyl groups is 2. The minimum absolute atomic E-state index is 0.126. The van der Waals surface area contributed by atoms with Crippen LogP contribution in [0.15, 0.2) is 18.2 Å². The fourth-order valence-electron chi connectivity index (χ4n) is 2.20. The molecule has 2 rings (SSSR count). The maximum Gasteiger partial charge on any atom is 0.251 e. The molecule has 1 amide bonds. The topological polar surface area (TPSA) is 93.4 Å². The van der Waals surface area contributed by atoms with Crippen LogP contribution in [-0.4, -0.2) is 22.2 Å². The van der Waals surface area contributed by atoms with Crippen LogP contribution in [0.2, 0.25) is 0 Å². The first-order valence-electron chi connectivity index (χ1n) is 5.84. The first-order chi connectivity index (χ1) is 8.61. The minimum atomic E-state index is -0.336. The van der Waals surface area contributed by atoms with Gasteiger partial charge in [0.1, 0.15) is 0 Å². The molecule has 0 heterocycles. The predicted molar refractivity (Wildman–Crippen MR) is 64.0 cm³/mol. The van der Waals surface area contributed by atoms with Gasteiger partial charge in [0.05, 0.1) is 12.0 Å². The third-order valence-corrected chi connectivity index (χ3v) is 3.24. The van der Waals surface area contributed by atoms with Gasteiger partial charge in [-0.3, -0.25) is 4.79 Å². The molecule has 1 aliphatic rings. The van der Waals surface area contributed by atoms with Crippen molar-refractivity contribution in [2.75, 3.05) is 0 Å². The molecule has 1 saturated carbocycles. The van der Waals surface area contributed by atoms with Crippen molar-refractivity contribution in [3.63, 3.8) is 0 Å². The summed E-state index contributed by atoms with van der Waals surface area (Å²) in [4.78, 5) is 11.9. The standard InChI is InChI=1S/C13H14N2O3/c14-7-9-2-1-3-10(9)15-13(18)8-4-5-11(16)12(17)6-8/h4-6,9-10,16-17H,1-3H2,(H,15,18). The van der Waals surface area contributed by atoms with E-state index in [1.54, 1.807) is 0 Å². The van der Waals surface area contributed by atoms with Crippen molar-refractivity contribution in [2.45, 2.75) is 25.3 Å². The molecule has 3 N–H and O–H groups in total. The number of carbonyl (C=O) groups is 1. The van der Waals surface area contributed by atoms with Crippen LogP contribution >= 0.6 is 0 Å². The second-order valence-corrected chi connectivity index (χ2v) is 4.45. The van der Waals surface area contributed by atoms with Gasteiger partial charge in [0.25, 0.3) is 5.91 Å². The molecule has 0 spiro atoms. The zero-order chi connectivity index (χ0) is 13.1. The Morgan fingerprint density at radius 3 is 2.78 bits per heavy atom. The number of benzene rings is 1. The molecular formula is C13H14N2O3. The van der Waals surface area contributed by atoms with Crippen molar-refractivity contribution >= 4 is 5.91 Å². The average Bonchev–Trinajstić information content (AvgIpc) is 2.79. The Bertz CT molecular complexity index is 507. The summed E-state index contributed by atoms with van der Waals surface area (Å²) in [6.07, 6.45) is 2.54. The lowest BCUT2D eigenvalue weighted by Crippen LogP contribution is -2.36. The largest absolute Gasteiger partial charge is 0.504 e. The molecule has 5 heteroatoms. The summed E-state index contributed by atoms with van der Waals surface area (Å²) in [5.41, 5.74) is 0.272. The predicted octanol–water partition coefficient (Wildman–Crippen LogP) is 1.52. The highest BCUT2D eigenvalue weighted by atomic mass is 16.3. The van der Waals surface area contributed by atoms with Gasteiger partial charge in [-0.2, -0.15) is 5.26 Å². The van der Waals surface area contributed by atoms with Gasteiger partial charge in [0.2, 0.25) is 0 Å². The minimum Gasteiger partial charge on any atom is -0.504 e.